The summed E-state index contributed by atoms with van der Waals surface area (Å²) in [5.74, 6) is 0.208. The Morgan fingerprint density at radius 2 is 1.66 bits per heavy atom. The molecular formula is C22H23CoN4OS-. The van der Waals surface area contributed by atoms with Crippen molar-refractivity contribution in [2.24, 2.45) is 17.0 Å². The summed E-state index contributed by atoms with van der Waals surface area (Å²) in [5.41, 5.74) is 4.76. The van der Waals surface area contributed by atoms with E-state index in [-0.39, 0.29) is 22.5 Å². The molecule has 1 heterocycles. The number of aromatic nitrogens is 2. The molecule has 3 aromatic rings. The monoisotopic (exact) mass is 450 g/mol. The number of hydrogen-bond acceptors (Lipinski definition) is 4. The molecule has 0 unspecified atom stereocenters. The molecule has 0 aliphatic rings. The first-order chi connectivity index (χ1) is 13.4. The second-order valence-corrected chi connectivity index (χ2v) is 6.99. The van der Waals surface area contributed by atoms with Gasteiger partial charge in [0.15, 0.2) is 5.49 Å². The van der Waals surface area contributed by atoms with E-state index in [4.69, 9.17) is 22.6 Å². The van der Waals surface area contributed by atoms with Gasteiger partial charge in [0.05, 0.1) is 17.1 Å². The van der Waals surface area contributed by atoms with Gasteiger partial charge in [-0.15, -0.1) is 4.90 Å². The average molecular weight is 450 g/mol. The summed E-state index contributed by atoms with van der Waals surface area (Å²) in [6, 6.07) is 17.6. The molecule has 29 heavy (non-hydrogen) atoms. The molecule has 0 aliphatic heterocycles. The van der Waals surface area contributed by atoms with Gasteiger partial charge in [0, 0.05) is 35.2 Å². The van der Waals surface area contributed by atoms with Crippen LogP contribution in [0, 0.1) is 6.92 Å². The molecule has 2 aromatic carbocycles. The first-order valence-corrected chi connectivity index (χ1v) is 9.36. The Hall–Kier alpha value is -2.61. The molecule has 0 atom stereocenters. The Labute approximate surface area is 186 Å². The van der Waals surface area contributed by atoms with Crippen LogP contribution in [-0.2, 0) is 36.5 Å². The minimum Gasteiger partial charge on any atom is -0.778 e. The number of aliphatic hydroxyl groups excluding tert-OH is 1. The van der Waals surface area contributed by atoms with Crippen LogP contribution in [0.5, 0.6) is 0 Å². The summed E-state index contributed by atoms with van der Waals surface area (Å²) in [7, 11) is 1.97. The van der Waals surface area contributed by atoms with Gasteiger partial charge in [-0.2, -0.15) is 0 Å². The van der Waals surface area contributed by atoms with Crippen molar-refractivity contribution in [1.82, 2.24) is 9.36 Å². The van der Waals surface area contributed by atoms with E-state index in [9.17, 15) is 5.11 Å². The zero-order valence-electron chi connectivity index (χ0n) is 16.8. The van der Waals surface area contributed by atoms with Crippen molar-refractivity contribution >= 4 is 29.7 Å². The van der Waals surface area contributed by atoms with Gasteiger partial charge < -0.3 is 17.7 Å². The van der Waals surface area contributed by atoms with Crippen LogP contribution < -0.4 is 5.49 Å². The van der Waals surface area contributed by atoms with Crippen LogP contribution in [-0.4, -0.2) is 20.2 Å². The summed E-state index contributed by atoms with van der Waals surface area (Å²) >= 11 is 5.45. The predicted octanol–water partition coefficient (Wildman–Crippen LogP) is 4.81. The quantitative estimate of drug-likeness (QED) is 0.352. The molecule has 0 saturated heterocycles. The van der Waals surface area contributed by atoms with Crippen LogP contribution in [0.1, 0.15) is 19.5 Å². The second kappa shape index (κ2) is 9.73. The normalized spacial score (nSPS) is 12.8. The SMILES string of the molecule is CC(/C=C(/C)O)=Nc1c(C)n(C)n(-c2ccccc2)c1=Nc1ccccc1[S-].[Co]. The molecule has 0 amide bonds. The fraction of sp³-hybridized carbons (Fsp3) is 0.182. The first-order valence-electron chi connectivity index (χ1n) is 8.96. The molecule has 0 aliphatic carbocycles. The smallest absolute Gasteiger partial charge is 0.180 e. The van der Waals surface area contributed by atoms with Gasteiger partial charge in [0.25, 0.3) is 0 Å². The molecule has 0 bridgehead atoms. The number of nitrogens with zero attached hydrogens (tertiary/aromatic N) is 4. The van der Waals surface area contributed by atoms with Crippen LogP contribution in [0.4, 0.5) is 11.4 Å². The molecule has 1 N–H and O–H groups in total. The van der Waals surface area contributed by atoms with Gasteiger partial charge in [0.2, 0.25) is 0 Å². The number of benzene rings is 2. The molecule has 1 aromatic heterocycles. The van der Waals surface area contributed by atoms with Gasteiger partial charge in [-0.3, -0.25) is 4.68 Å². The number of hydrogen-bond donors (Lipinski definition) is 1. The molecule has 153 valence electrons. The Bertz CT molecular complexity index is 1120. The maximum absolute atomic E-state index is 9.58. The predicted molar refractivity (Wildman–Crippen MR) is 116 cm³/mol. The maximum Gasteiger partial charge on any atom is 0.180 e. The minimum absolute atomic E-state index is 0. The van der Waals surface area contributed by atoms with Crippen molar-refractivity contribution in [2.75, 3.05) is 0 Å². The van der Waals surface area contributed by atoms with Crippen molar-refractivity contribution in [3.63, 3.8) is 0 Å². The van der Waals surface area contributed by atoms with Crippen molar-refractivity contribution in [3.8, 4) is 5.69 Å². The van der Waals surface area contributed by atoms with Crippen LogP contribution >= 0.6 is 0 Å². The van der Waals surface area contributed by atoms with Gasteiger partial charge >= 0.3 is 0 Å². The van der Waals surface area contributed by atoms with Crippen molar-refractivity contribution < 1.29 is 21.9 Å². The van der Waals surface area contributed by atoms with E-state index in [1.165, 1.54) is 0 Å². The van der Waals surface area contributed by atoms with Crippen molar-refractivity contribution in [3.05, 3.63) is 77.6 Å². The Balaban J connectivity index is 0.00000300. The number of rotatable bonds is 4. The van der Waals surface area contributed by atoms with E-state index < -0.39 is 0 Å². The standard InChI is InChI=1S/C22H24N4OS.Co/c1-15(14-16(2)27)23-21-17(3)25(4)26(18-10-6-5-7-11-18)22(21)24-19-12-8-9-13-20(19)28;/h5-14,27-28H,1-4H3;/p-1/b16-14-,23-15?,24-22?;. The number of aliphatic imine (C=N–C) groups is 1. The van der Waals surface area contributed by atoms with Crippen molar-refractivity contribution in [2.45, 2.75) is 25.7 Å². The van der Waals surface area contributed by atoms with Gasteiger partial charge in [-0.1, -0.05) is 36.4 Å². The third-order valence-corrected chi connectivity index (χ3v) is 4.68. The van der Waals surface area contributed by atoms with E-state index in [0.717, 1.165) is 22.8 Å². The third-order valence-electron chi connectivity index (χ3n) is 4.34. The van der Waals surface area contributed by atoms with E-state index in [2.05, 4.69) is 0 Å². The minimum atomic E-state index is 0. The average Bonchev–Trinajstić information content (AvgIpc) is 2.88. The molecule has 0 spiro atoms. The van der Waals surface area contributed by atoms with Crippen LogP contribution in [0.2, 0.25) is 0 Å². The Kier molecular flexibility index (Phi) is 7.61. The van der Waals surface area contributed by atoms with Crippen LogP contribution in [0.15, 0.2) is 81.3 Å². The summed E-state index contributed by atoms with van der Waals surface area (Å²) in [5, 5.41) is 9.58. The molecule has 0 fully saturated rings. The zero-order chi connectivity index (χ0) is 20.3. The third kappa shape index (κ3) is 5.06. The molecule has 3 rings (SSSR count). The molecule has 0 saturated carbocycles. The van der Waals surface area contributed by atoms with E-state index in [0.29, 0.717) is 16.1 Å². The first kappa shape index (κ1) is 22.7. The second-order valence-electron chi connectivity index (χ2n) is 6.55. The molecule has 1 radical (unpaired) electrons. The fourth-order valence-electron chi connectivity index (χ4n) is 2.98. The van der Waals surface area contributed by atoms with E-state index in [1.54, 1.807) is 13.0 Å². The summed E-state index contributed by atoms with van der Waals surface area (Å²) in [6.07, 6.45) is 1.63. The molecule has 7 heteroatoms. The van der Waals surface area contributed by atoms with Gasteiger partial charge in [-0.25, -0.2) is 14.7 Å². The van der Waals surface area contributed by atoms with Gasteiger partial charge in [0.1, 0.15) is 5.69 Å². The molecular weight excluding hydrogens is 427 g/mol. The van der Waals surface area contributed by atoms with E-state index in [1.807, 2.05) is 84.9 Å². The molecule has 5 nitrogen and oxygen atoms in total. The fourth-order valence-corrected chi connectivity index (χ4v) is 3.17. The van der Waals surface area contributed by atoms with Gasteiger partial charge in [-0.05, 0) is 45.0 Å². The van der Waals surface area contributed by atoms with Crippen LogP contribution in [0.3, 0.4) is 0 Å². The topological polar surface area (TPSA) is 54.8 Å². The summed E-state index contributed by atoms with van der Waals surface area (Å²) < 4.78 is 4.03. The maximum atomic E-state index is 9.58. The number of allylic oxidation sites excluding steroid dienone is 2. The largest absolute Gasteiger partial charge is 0.778 e. The van der Waals surface area contributed by atoms with Crippen molar-refractivity contribution in [1.29, 1.82) is 0 Å². The van der Waals surface area contributed by atoms with E-state index >= 15 is 0 Å². The Morgan fingerprint density at radius 1 is 1.03 bits per heavy atom. The zero-order valence-corrected chi connectivity index (χ0v) is 18.6. The van der Waals surface area contributed by atoms with Crippen LogP contribution in [0.25, 0.3) is 5.69 Å². The number of aliphatic hydroxyl groups is 1. The number of para-hydroxylation sites is 2. The summed E-state index contributed by atoms with van der Waals surface area (Å²) in [6.45, 7) is 5.48. The Morgan fingerprint density at radius 3 is 2.28 bits per heavy atom. The summed E-state index contributed by atoms with van der Waals surface area (Å²) in [4.78, 5) is 10.3.